The van der Waals surface area contributed by atoms with E-state index >= 15 is 0 Å². The van der Waals surface area contributed by atoms with E-state index in [1.165, 1.54) is 0 Å². The smallest absolute Gasteiger partial charge is 0.329 e. The van der Waals surface area contributed by atoms with Crippen LogP contribution in [0.2, 0.25) is 18.1 Å². The third-order valence-electron chi connectivity index (χ3n) is 14.9. The molecule has 0 aromatic carbocycles. The Morgan fingerprint density at radius 2 is 1.64 bits per heavy atom. The van der Waals surface area contributed by atoms with Crippen molar-refractivity contribution in [2.75, 3.05) is 13.7 Å². The zero-order valence-corrected chi connectivity index (χ0v) is 43.0. The molecule has 2 N–H and O–H groups in total. The minimum atomic E-state index is -1.90. The first-order valence-electron chi connectivity index (χ1n) is 24.8. The van der Waals surface area contributed by atoms with Crippen LogP contribution >= 0.6 is 0 Å². The van der Waals surface area contributed by atoms with Crippen LogP contribution in [0, 0.1) is 17.8 Å². The minimum absolute atomic E-state index is 0.00309. The number of carbonyl (C=O) groups excluding carboxylic acids is 4. The van der Waals surface area contributed by atoms with E-state index in [1.807, 2.05) is 45.9 Å². The molecule has 366 valence electrons. The van der Waals surface area contributed by atoms with Crippen LogP contribution in [0.1, 0.15) is 178 Å². The summed E-state index contributed by atoms with van der Waals surface area (Å²) in [6.07, 6.45) is 16.2. The molecule has 3 aliphatic rings. The molecule has 0 spiro atoms. The predicted octanol–water partition coefficient (Wildman–Crippen LogP) is 10.5. The van der Waals surface area contributed by atoms with Gasteiger partial charge in [-0.2, -0.15) is 0 Å². The average molecular weight is 916 g/mol. The molecule has 2 heterocycles. The van der Waals surface area contributed by atoms with Crippen molar-refractivity contribution in [3.8, 4) is 0 Å². The van der Waals surface area contributed by atoms with Crippen LogP contribution in [0.15, 0.2) is 35.5 Å². The van der Waals surface area contributed by atoms with Gasteiger partial charge in [0.1, 0.15) is 23.7 Å². The molecule has 1 aliphatic carbocycles. The van der Waals surface area contributed by atoms with Crippen molar-refractivity contribution in [1.82, 2.24) is 4.90 Å². The summed E-state index contributed by atoms with van der Waals surface area (Å²) in [5, 5.41) is 22.8. The molecule has 12 heteroatoms. The van der Waals surface area contributed by atoms with Crippen LogP contribution in [-0.4, -0.2) is 103 Å². The standard InChI is InChI=1S/C52H89NO10Si/c1-13-15-19-37(4)47(60-10)34-44-27-23-39(6)52(59,62-44)35-49(57)53-30-18-17-21-45(53)50(58)61-48(33-42(55)26-22-36(3)46(56)32-41(54)20-16-14-2)38(5)31-40-24-28-43(29-25-40)63-64(11,12)51(7,8)9/h13,15,19,22,38-40,43-48,56,59H,14,16-18,20-21,23-35H2,1-12H3/b15-13+,36-22+,37-19+/t38-,39-,40?,43?,44+,45+,46+,47+,48+,52+/m1/s1. The molecular formula is C52H89NO10Si. The fraction of sp³-hybridized carbons (Fsp3) is 0.808. The van der Waals surface area contributed by atoms with Gasteiger partial charge in [-0.3, -0.25) is 14.4 Å². The Kier molecular flexibility index (Phi) is 22.8. The zero-order valence-electron chi connectivity index (χ0n) is 42.0. The molecule has 2 saturated heterocycles. The number of unbranched alkanes of at least 4 members (excludes halogenated alkanes) is 1. The first kappa shape index (κ1) is 55.8. The number of amides is 1. The Balaban J connectivity index is 1.76. The monoisotopic (exact) mass is 916 g/mol. The van der Waals surface area contributed by atoms with E-state index in [9.17, 15) is 29.4 Å². The van der Waals surface area contributed by atoms with Crippen LogP contribution in [0.3, 0.4) is 0 Å². The number of aliphatic hydroxyl groups excluding tert-OH is 1. The van der Waals surface area contributed by atoms with Crippen LogP contribution in [-0.2, 0) is 37.8 Å². The first-order valence-corrected chi connectivity index (χ1v) is 27.7. The van der Waals surface area contributed by atoms with Gasteiger partial charge in [-0.05, 0) is 133 Å². The Labute approximate surface area is 388 Å². The van der Waals surface area contributed by atoms with Crippen molar-refractivity contribution in [1.29, 1.82) is 0 Å². The number of ketones is 2. The van der Waals surface area contributed by atoms with Gasteiger partial charge < -0.3 is 33.7 Å². The molecule has 0 radical (unpaired) electrons. The maximum Gasteiger partial charge on any atom is 0.329 e. The van der Waals surface area contributed by atoms with Gasteiger partial charge in [0.15, 0.2) is 14.1 Å². The predicted molar refractivity (Wildman–Crippen MR) is 257 cm³/mol. The van der Waals surface area contributed by atoms with Gasteiger partial charge in [0.2, 0.25) is 5.91 Å². The van der Waals surface area contributed by atoms with E-state index in [2.05, 4.69) is 40.8 Å². The Hall–Kier alpha value is -2.48. The molecular weight excluding hydrogens is 827 g/mol. The van der Waals surface area contributed by atoms with Crippen LogP contribution < -0.4 is 0 Å². The van der Waals surface area contributed by atoms with E-state index in [4.69, 9.17) is 18.6 Å². The number of carbonyl (C=O) groups is 4. The molecule has 1 amide bonds. The molecule has 64 heavy (non-hydrogen) atoms. The van der Waals surface area contributed by atoms with Crippen molar-refractivity contribution >= 4 is 31.8 Å². The second-order valence-corrected chi connectivity index (χ2v) is 26.0. The lowest BCUT2D eigenvalue weighted by Crippen LogP contribution is -2.54. The summed E-state index contributed by atoms with van der Waals surface area (Å²) >= 11 is 0. The van der Waals surface area contributed by atoms with E-state index in [-0.39, 0.29) is 78.3 Å². The number of hydrogen-bond donors (Lipinski definition) is 2. The molecule has 1 saturated carbocycles. The Bertz CT molecular complexity index is 1590. The quantitative estimate of drug-likeness (QED) is 0.0415. The number of likely N-dealkylation sites (tertiary alicyclic amines) is 1. The second kappa shape index (κ2) is 26.2. The summed E-state index contributed by atoms with van der Waals surface area (Å²) in [6.45, 7) is 23.4. The number of rotatable bonds is 24. The largest absolute Gasteiger partial charge is 0.460 e. The van der Waals surface area contributed by atoms with Crippen molar-refractivity contribution in [3.05, 3.63) is 35.5 Å². The lowest BCUT2D eigenvalue weighted by atomic mass is 9.80. The highest BCUT2D eigenvalue weighted by Crippen LogP contribution is 2.41. The second-order valence-electron chi connectivity index (χ2n) is 21.2. The number of allylic oxidation sites excluding steroid dienone is 4. The maximum atomic E-state index is 14.3. The number of piperidine rings is 1. The van der Waals surface area contributed by atoms with Crippen LogP contribution in [0.4, 0.5) is 0 Å². The highest BCUT2D eigenvalue weighted by atomic mass is 28.4. The highest BCUT2D eigenvalue weighted by Gasteiger charge is 2.46. The summed E-state index contributed by atoms with van der Waals surface area (Å²) in [5.74, 6) is -2.73. The summed E-state index contributed by atoms with van der Waals surface area (Å²) in [4.78, 5) is 56.1. The number of aliphatic hydroxyl groups is 2. The van der Waals surface area contributed by atoms with Crippen LogP contribution in [0.5, 0.6) is 0 Å². The molecule has 8 atom stereocenters. The van der Waals surface area contributed by atoms with Crippen molar-refractivity contribution in [2.45, 2.75) is 238 Å². The molecule has 0 bridgehead atoms. The van der Waals surface area contributed by atoms with Gasteiger partial charge in [0, 0.05) is 57.8 Å². The number of ether oxygens (including phenoxy) is 3. The fourth-order valence-electron chi connectivity index (χ4n) is 9.28. The summed E-state index contributed by atoms with van der Waals surface area (Å²) in [7, 11) is -0.233. The van der Waals surface area contributed by atoms with Gasteiger partial charge >= 0.3 is 5.97 Å². The zero-order chi connectivity index (χ0) is 47.8. The van der Waals surface area contributed by atoms with E-state index in [1.54, 1.807) is 25.0 Å². The third-order valence-corrected chi connectivity index (χ3v) is 19.4. The van der Waals surface area contributed by atoms with Gasteiger partial charge in [-0.15, -0.1) is 0 Å². The van der Waals surface area contributed by atoms with E-state index < -0.39 is 38.3 Å². The molecule has 0 aromatic heterocycles. The van der Waals surface area contributed by atoms with E-state index in [0.717, 1.165) is 69.8 Å². The fourth-order valence-corrected chi connectivity index (χ4v) is 10.7. The molecule has 3 rings (SSSR count). The average Bonchev–Trinajstić information content (AvgIpc) is 3.24. The van der Waals surface area contributed by atoms with Crippen molar-refractivity contribution < 1.29 is 48.0 Å². The highest BCUT2D eigenvalue weighted by molar-refractivity contribution is 6.74. The molecule has 0 aromatic rings. The van der Waals surface area contributed by atoms with Gasteiger partial charge in [-0.1, -0.05) is 72.3 Å². The normalized spacial score (nSPS) is 27.2. The van der Waals surface area contributed by atoms with Crippen molar-refractivity contribution in [3.63, 3.8) is 0 Å². The van der Waals surface area contributed by atoms with Gasteiger partial charge in [0.05, 0.1) is 24.7 Å². The molecule has 0 unspecified atom stereocenters. The maximum absolute atomic E-state index is 14.3. The number of hydrogen-bond acceptors (Lipinski definition) is 10. The molecule has 2 aliphatic heterocycles. The van der Waals surface area contributed by atoms with Crippen molar-refractivity contribution in [2.24, 2.45) is 17.8 Å². The Morgan fingerprint density at radius 3 is 2.27 bits per heavy atom. The molecule has 11 nitrogen and oxygen atoms in total. The molecule has 3 fully saturated rings. The Morgan fingerprint density at radius 1 is 0.953 bits per heavy atom. The summed E-state index contributed by atoms with van der Waals surface area (Å²) < 4.78 is 25.3. The third kappa shape index (κ3) is 17.3. The van der Waals surface area contributed by atoms with E-state index in [0.29, 0.717) is 43.7 Å². The number of methoxy groups -OCH3 is 1. The number of esters is 1. The van der Waals surface area contributed by atoms with Gasteiger partial charge in [-0.25, -0.2) is 4.79 Å². The minimum Gasteiger partial charge on any atom is -0.460 e. The summed E-state index contributed by atoms with van der Waals surface area (Å²) in [5.41, 5.74) is 1.62. The number of nitrogens with zero attached hydrogens (tertiary/aromatic N) is 1. The number of Topliss-reactive ketones (excluding diaryl/α,β-unsaturated/α-hetero) is 2. The van der Waals surface area contributed by atoms with Crippen LogP contribution in [0.25, 0.3) is 0 Å². The lowest BCUT2D eigenvalue weighted by Gasteiger charge is -2.44. The van der Waals surface area contributed by atoms with Gasteiger partial charge in [0.25, 0.3) is 0 Å². The SMILES string of the molecule is C/C=C/C=C(\C)[C@H](C[C@@H]1CC[C@@H](C)[C@](O)(CC(=O)N2CCCC[C@H]2C(=O)O[C@@H](CC(=O)C/C=C(\C)[C@@H](O)CC(=O)CCCC)[C@H](C)CC2CCC(O[Si](C)(C)C(C)(C)C)CC2)O1)OC. The lowest BCUT2D eigenvalue weighted by molar-refractivity contribution is -0.284. The topological polar surface area (TPSA) is 149 Å². The first-order chi connectivity index (χ1) is 30.0. The summed E-state index contributed by atoms with van der Waals surface area (Å²) in [6, 6.07) is -0.841.